The summed E-state index contributed by atoms with van der Waals surface area (Å²) in [5, 5.41) is 14.3. The number of benzene rings is 3. The van der Waals surface area contributed by atoms with E-state index in [9.17, 15) is 35.8 Å². The van der Waals surface area contributed by atoms with Crippen molar-refractivity contribution in [2.45, 2.75) is 37.5 Å². The molecule has 3 aromatic carbocycles. The van der Waals surface area contributed by atoms with Crippen LogP contribution in [0.3, 0.4) is 0 Å². The molecule has 4 aromatic rings. The zero-order valence-electron chi connectivity index (χ0n) is 20.8. The topological polar surface area (TPSA) is 45.2 Å². The van der Waals surface area contributed by atoms with Gasteiger partial charge in [0.25, 0.3) is 0 Å². The molecule has 11 heteroatoms. The summed E-state index contributed by atoms with van der Waals surface area (Å²) in [5.41, 5.74) is -3.39. The first-order valence-electron chi connectivity index (χ1n) is 11.9. The average Bonchev–Trinajstić information content (AvgIpc) is 2.88. The lowest BCUT2D eigenvalue weighted by Crippen LogP contribution is -2.48. The maximum atomic E-state index is 14.0. The largest absolute Gasteiger partial charge is 0.419 e. The summed E-state index contributed by atoms with van der Waals surface area (Å²) in [6, 6.07) is 16.5. The van der Waals surface area contributed by atoms with Crippen molar-refractivity contribution in [2.75, 3.05) is 0 Å². The summed E-state index contributed by atoms with van der Waals surface area (Å²) in [5.74, 6) is -1.54. The number of nitrogens with zero attached hydrogens (tertiary/aromatic N) is 1. The van der Waals surface area contributed by atoms with Crippen LogP contribution < -0.4 is 5.32 Å². The number of aliphatic hydroxyl groups excluding tert-OH is 1. The SMILES string of the molecule is Cc1cc(Cl)cnc1C(Cc1ccccc1)(N[C@@H](O)c1ccc(F)c(C(F)(F)F)c1)c1cccc(C(F)(F)F)c1. The molecule has 0 fully saturated rings. The van der Waals surface area contributed by atoms with E-state index in [0.717, 1.165) is 18.2 Å². The van der Waals surface area contributed by atoms with Crippen LogP contribution in [-0.4, -0.2) is 10.1 Å². The third-order valence-electron chi connectivity index (χ3n) is 6.44. The lowest BCUT2D eigenvalue weighted by molar-refractivity contribution is -0.140. The lowest BCUT2D eigenvalue weighted by atomic mass is 9.78. The van der Waals surface area contributed by atoms with Crippen LogP contribution in [-0.2, 0) is 24.3 Å². The van der Waals surface area contributed by atoms with Gasteiger partial charge in [-0.3, -0.25) is 10.3 Å². The number of aryl methyl sites for hydroxylation is 1. The van der Waals surface area contributed by atoms with Gasteiger partial charge in [-0.15, -0.1) is 0 Å². The Morgan fingerprint density at radius 1 is 0.850 bits per heavy atom. The molecule has 0 radical (unpaired) electrons. The number of alkyl halides is 6. The number of hydrogen-bond donors (Lipinski definition) is 2. The molecule has 0 amide bonds. The van der Waals surface area contributed by atoms with Gasteiger partial charge < -0.3 is 5.11 Å². The molecular weight excluding hydrogens is 561 g/mol. The molecule has 0 saturated heterocycles. The fourth-order valence-corrected chi connectivity index (χ4v) is 4.83. The minimum atomic E-state index is -5.05. The van der Waals surface area contributed by atoms with E-state index in [1.807, 2.05) is 0 Å². The molecule has 2 atom stereocenters. The predicted molar refractivity (Wildman–Crippen MR) is 136 cm³/mol. The fourth-order valence-electron chi connectivity index (χ4n) is 4.62. The van der Waals surface area contributed by atoms with Crippen LogP contribution in [0.2, 0.25) is 5.02 Å². The maximum Gasteiger partial charge on any atom is 0.419 e. The summed E-state index contributed by atoms with van der Waals surface area (Å²) in [6.07, 6.45) is -10.4. The molecule has 2 N–H and O–H groups in total. The second-order valence-electron chi connectivity index (χ2n) is 9.25. The van der Waals surface area contributed by atoms with E-state index in [4.69, 9.17) is 11.6 Å². The van der Waals surface area contributed by atoms with Crippen LogP contribution in [0.1, 0.15) is 45.3 Å². The number of pyridine rings is 1. The first-order valence-corrected chi connectivity index (χ1v) is 12.3. The van der Waals surface area contributed by atoms with E-state index in [0.29, 0.717) is 23.3 Å². The van der Waals surface area contributed by atoms with Gasteiger partial charge in [-0.2, -0.15) is 26.3 Å². The molecule has 1 unspecified atom stereocenters. The van der Waals surface area contributed by atoms with Gasteiger partial charge in [-0.05, 0) is 59.5 Å². The Bertz CT molecular complexity index is 1490. The number of halogens is 8. The van der Waals surface area contributed by atoms with Crippen LogP contribution >= 0.6 is 11.6 Å². The molecule has 0 spiro atoms. The first-order chi connectivity index (χ1) is 18.7. The van der Waals surface area contributed by atoms with Crippen molar-refractivity contribution in [1.29, 1.82) is 0 Å². The van der Waals surface area contributed by atoms with Gasteiger partial charge in [-0.1, -0.05) is 60.1 Å². The number of aromatic nitrogens is 1. The highest BCUT2D eigenvalue weighted by molar-refractivity contribution is 6.30. The second kappa shape index (κ2) is 11.2. The van der Waals surface area contributed by atoms with Crippen molar-refractivity contribution in [1.82, 2.24) is 10.3 Å². The summed E-state index contributed by atoms with van der Waals surface area (Å²) in [4.78, 5) is 4.41. The Balaban J connectivity index is 1.97. The minimum Gasteiger partial charge on any atom is -0.374 e. The van der Waals surface area contributed by atoms with Crippen molar-refractivity contribution < 1.29 is 35.8 Å². The Hall–Kier alpha value is -3.47. The van der Waals surface area contributed by atoms with Gasteiger partial charge in [0.05, 0.1) is 27.4 Å². The molecule has 4 rings (SSSR count). The van der Waals surface area contributed by atoms with Gasteiger partial charge in [-0.25, -0.2) is 4.39 Å². The number of nitrogens with one attached hydrogen (secondary N) is 1. The molecule has 0 aliphatic rings. The molecule has 0 aliphatic carbocycles. The van der Waals surface area contributed by atoms with Gasteiger partial charge in [0.2, 0.25) is 0 Å². The quantitative estimate of drug-likeness (QED) is 0.171. The molecule has 210 valence electrons. The van der Waals surface area contributed by atoms with E-state index in [-0.39, 0.29) is 28.3 Å². The predicted octanol–water partition coefficient (Wildman–Crippen LogP) is 7.99. The molecule has 3 nitrogen and oxygen atoms in total. The molecule has 0 saturated carbocycles. The highest BCUT2D eigenvalue weighted by Gasteiger charge is 2.42. The third-order valence-corrected chi connectivity index (χ3v) is 6.65. The zero-order valence-corrected chi connectivity index (χ0v) is 21.5. The number of rotatable bonds is 7. The third kappa shape index (κ3) is 6.29. The zero-order chi connectivity index (χ0) is 29.3. The molecule has 0 aliphatic heterocycles. The number of aliphatic hydroxyl groups is 1. The fraction of sp³-hybridized carbons (Fsp3) is 0.207. The Morgan fingerprint density at radius 2 is 1.52 bits per heavy atom. The average molecular weight is 583 g/mol. The van der Waals surface area contributed by atoms with Gasteiger partial charge >= 0.3 is 12.4 Å². The van der Waals surface area contributed by atoms with E-state index >= 15 is 0 Å². The van der Waals surface area contributed by atoms with E-state index in [1.165, 1.54) is 24.4 Å². The minimum absolute atomic E-state index is 0.0290. The van der Waals surface area contributed by atoms with Crippen molar-refractivity contribution >= 4 is 11.6 Å². The van der Waals surface area contributed by atoms with Crippen molar-refractivity contribution in [3.05, 3.63) is 135 Å². The Labute approximate surface area is 230 Å². The van der Waals surface area contributed by atoms with E-state index in [1.54, 1.807) is 37.3 Å². The highest BCUT2D eigenvalue weighted by atomic mass is 35.5. The monoisotopic (exact) mass is 582 g/mol. The Kier molecular flexibility index (Phi) is 8.26. The van der Waals surface area contributed by atoms with Gasteiger partial charge in [0.15, 0.2) is 0 Å². The van der Waals surface area contributed by atoms with Crippen LogP contribution in [0.25, 0.3) is 0 Å². The summed E-state index contributed by atoms with van der Waals surface area (Å²) >= 11 is 6.11. The van der Waals surface area contributed by atoms with Crippen molar-refractivity contribution in [3.63, 3.8) is 0 Å². The normalized spacial score (nSPS) is 14.6. The van der Waals surface area contributed by atoms with E-state index in [2.05, 4.69) is 10.3 Å². The Morgan fingerprint density at radius 3 is 2.15 bits per heavy atom. The smallest absolute Gasteiger partial charge is 0.374 e. The molecule has 0 bridgehead atoms. The summed E-state index contributed by atoms with van der Waals surface area (Å²) in [6.45, 7) is 1.62. The summed E-state index contributed by atoms with van der Waals surface area (Å²) in [7, 11) is 0. The van der Waals surface area contributed by atoms with E-state index < -0.39 is 41.1 Å². The molecule has 40 heavy (non-hydrogen) atoms. The van der Waals surface area contributed by atoms with Gasteiger partial charge in [0, 0.05) is 12.6 Å². The molecule has 1 aromatic heterocycles. The van der Waals surface area contributed by atoms with Crippen molar-refractivity contribution in [3.8, 4) is 0 Å². The van der Waals surface area contributed by atoms with Crippen LogP contribution in [0.4, 0.5) is 30.7 Å². The molecule has 1 heterocycles. The second-order valence-corrected chi connectivity index (χ2v) is 9.69. The van der Waals surface area contributed by atoms with Crippen LogP contribution in [0, 0.1) is 12.7 Å². The lowest BCUT2D eigenvalue weighted by Gasteiger charge is -2.39. The maximum absolute atomic E-state index is 14.0. The summed E-state index contributed by atoms with van der Waals surface area (Å²) < 4.78 is 95.6. The highest BCUT2D eigenvalue weighted by Crippen LogP contribution is 2.40. The standard InChI is InChI=1S/C29H22ClF7N2O/c1-17-12-22(30)16-38-25(17)27(15-18-6-3-2-4-7-18,20-8-5-9-21(14-20)28(32,33)34)39-26(40)19-10-11-24(31)23(13-19)29(35,36)37/h2-14,16,26,39-40H,15H2,1H3/t26-,27?/m0/s1. The van der Waals surface area contributed by atoms with Crippen LogP contribution in [0.5, 0.6) is 0 Å². The molecular formula is C29H22ClF7N2O. The number of hydrogen-bond acceptors (Lipinski definition) is 3. The van der Waals surface area contributed by atoms with Crippen molar-refractivity contribution in [2.24, 2.45) is 0 Å². The van der Waals surface area contributed by atoms with Gasteiger partial charge in [0.1, 0.15) is 12.0 Å². The van der Waals surface area contributed by atoms with Crippen LogP contribution in [0.15, 0.2) is 85.1 Å². The first kappa shape index (κ1) is 29.5.